The maximum absolute atomic E-state index is 11.3. The normalized spacial score (nSPS) is 19.3. The Morgan fingerprint density at radius 3 is 2.65 bits per heavy atom. The van der Waals surface area contributed by atoms with E-state index < -0.39 is 0 Å². The molecule has 1 aromatic rings. The van der Waals surface area contributed by atoms with Crippen molar-refractivity contribution in [2.45, 2.75) is 31.7 Å². The SMILES string of the molecule is CNC(c1cccc(Br)c1)C1CCC(=O)CC1. The van der Waals surface area contributed by atoms with Crippen LogP contribution >= 0.6 is 15.9 Å². The average molecular weight is 296 g/mol. The summed E-state index contributed by atoms with van der Waals surface area (Å²) < 4.78 is 1.11. The van der Waals surface area contributed by atoms with E-state index in [4.69, 9.17) is 0 Å². The molecule has 1 atom stereocenters. The highest BCUT2D eigenvalue weighted by Gasteiger charge is 2.26. The molecule has 0 radical (unpaired) electrons. The van der Waals surface area contributed by atoms with E-state index >= 15 is 0 Å². The van der Waals surface area contributed by atoms with Gasteiger partial charge in [-0.3, -0.25) is 4.79 Å². The van der Waals surface area contributed by atoms with Gasteiger partial charge in [-0.2, -0.15) is 0 Å². The Morgan fingerprint density at radius 2 is 2.06 bits per heavy atom. The maximum Gasteiger partial charge on any atom is 0.132 e. The first-order valence-electron chi connectivity index (χ1n) is 6.15. The fourth-order valence-corrected chi connectivity index (χ4v) is 3.09. The molecule has 0 heterocycles. The Bertz CT molecular complexity index is 395. The van der Waals surface area contributed by atoms with Crippen molar-refractivity contribution in [3.8, 4) is 0 Å². The first-order valence-corrected chi connectivity index (χ1v) is 6.94. The summed E-state index contributed by atoms with van der Waals surface area (Å²) in [6, 6.07) is 8.79. The van der Waals surface area contributed by atoms with Crippen LogP contribution in [0.2, 0.25) is 0 Å². The molecular weight excluding hydrogens is 278 g/mol. The lowest BCUT2D eigenvalue weighted by Crippen LogP contribution is -2.28. The zero-order valence-electron chi connectivity index (χ0n) is 10.1. The molecule has 0 amide bonds. The van der Waals surface area contributed by atoms with Crippen LogP contribution in [0.4, 0.5) is 0 Å². The Labute approximate surface area is 111 Å². The molecule has 3 heteroatoms. The quantitative estimate of drug-likeness (QED) is 0.925. The molecule has 1 unspecified atom stereocenters. The summed E-state index contributed by atoms with van der Waals surface area (Å²) in [4.78, 5) is 11.3. The third-order valence-corrected chi connectivity index (χ3v) is 4.07. The topological polar surface area (TPSA) is 29.1 Å². The van der Waals surface area contributed by atoms with Crippen molar-refractivity contribution in [3.63, 3.8) is 0 Å². The Hall–Kier alpha value is -0.670. The molecule has 1 N–H and O–H groups in total. The van der Waals surface area contributed by atoms with E-state index in [0.29, 0.717) is 17.7 Å². The molecule has 2 nitrogen and oxygen atoms in total. The Morgan fingerprint density at radius 1 is 1.35 bits per heavy atom. The largest absolute Gasteiger partial charge is 0.313 e. The number of carbonyl (C=O) groups is 1. The summed E-state index contributed by atoms with van der Waals surface area (Å²) in [5.74, 6) is 0.998. The van der Waals surface area contributed by atoms with Gasteiger partial charge < -0.3 is 5.32 Å². The fraction of sp³-hybridized carbons (Fsp3) is 0.500. The monoisotopic (exact) mass is 295 g/mol. The average Bonchev–Trinajstić information content (AvgIpc) is 2.33. The van der Waals surface area contributed by atoms with Crippen LogP contribution in [0.25, 0.3) is 0 Å². The van der Waals surface area contributed by atoms with Crippen LogP contribution in [0, 0.1) is 5.92 Å². The summed E-state index contributed by atoms with van der Waals surface area (Å²) >= 11 is 3.51. The minimum atomic E-state index is 0.362. The Balaban J connectivity index is 2.13. The van der Waals surface area contributed by atoms with Crippen molar-refractivity contribution in [1.82, 2.24) is 5.32 Å². The van der Waals surface area contributed by atoms with Gasteiger partial charge in [0.1, 0.15) is 5.78 Å². The van der Waals surface area contributed by atoms with E-state index in [1.807, 2.05) is 13.1 Å². The predicted molar refractivity (Wildman–Crippen MR) is 72.9 cm³/mol. The van der Waals surface area contributed by atoms with Gasteiger partial charge >= 0.3 is 0 Å². The van der Waals surface area contributed by atoms with Crippen molar-refractivity contribution in [3.05, 3.63) is 34.3 Å². The number of benzene rings is 1. The third-order valence-electron chi connectivity index (χ3n) is 3.58. The second kappa shape index (κ2) is 5.78. The van der Waals surface area contributed by atoms with Gasteiger partial charge in [0.25, 0.3) is 0 Å². The van der Waals surface area contributed by atoms with Crippen LogP contribution in [0.5, 0.6) is 0 Å². The van der Waals surface area contributed by atoms with E-state index in [1.165, 1.54) is 5.56 Å². The van der Waals surface area contributed by atoms with Gasteiger partial charge in [-0.25, -0.2) is 0 Å². The maximum atomic E-state index is 11.3. The van der Waals surface area contributed by atoms with E-state index in [2.05, 4.69) is 39.4 Å². The van der Waals surface area contributed by atoms with E-state index in [-0.39, 0.29) is 0 Å². The number of ketones is 1. The van der Waals surface area contributed by atoms with Gasteiger partial charge in [0.15, 0.2) is 0 Å². The van der Waals surface area contributed by atoms with Crippen molar-refractivity contribution < 1.29 is 4.79 Å². The minimum Gasteiger partial charge on any atom is -0.313 e. The first-order chi connectivity index (χ1) is 8.20. The number of hydrogen-bond donors (Lipinski definition) is 1. The predicted octanol–water partition coefficient (Wildman–Crippen LogP) is 3.47. The van der Waals surface area contributed by atoms with Gasteiger partial charge in [-0.15, -0.1) is 0 Å². The molecule has 17 heavy (non-hydrogen) atoms. The van der Waals surface area contributed by atoms with Crippen molar-refractivity contribution in [1.29, 1.82) is 0 Å². The minimum absolute atomic E-state index is 0.362. The molecule has 1 saturated carbocycles. The van der Waals surface area contributed by atoms with Crippen LogP contribution < -0.4 is 5.32 Å². The molecule has 92 valence electrons. The molecule has 0 spiro atoms. The van der Waals surface area contributed by atoms with Crippen LogP contribution in [0.3, 0.4) is 0 Å². The number of halogens is 1. The second-order valence-corrected chi connectivity index (χ2v) is 5.61. The fourth-order valence-electron chi connectivity index (χ4n) is 2.67. The molecule has 1 aliphatic rings. The summed E-state index contributed by atoms with van der Waals surface area (Å²) in [7, 11) is 2.00. The van der Waals surface area contributed by atoms with Crippen molar-refractivity contribution in [2.24, 2.45) is 5.92 Å². The van der Waals surface area contributed by atoms with Crippen molar-refractivity contribution >= 4 is 21.7 Å². The number of rotatable bonds is 3. The van der Waals surface area contributed by atoms with E-state index in [0.717, 1.165) is 30.2 Å². The lowest BCUT2D eigenvalue weighted by atomic mass is 9.81. The highest BCUT2D eigenvalue weighted by Crippen LogP contribution is 2.33. The summed E-state index contributed by atoms with van der Waals surface area (Å²) in [6.45, 7) is 0. The molecule has 1 aromatic carbocycles. The lowest BCUT2D eigenvalue weighted by molar-refractivity contribution is -0.121. The van der Waals surface area contributed by atoms with Gasteiger partial charge in [0.2, 0.25) is 0 Å². The zero-order chi connectivity index (χ0) is 12.3. The third kappa shape index (κ3) is 3.17. The standard InChI is InChI=1S/C14H18BrNO/c1-16-14(10-5-7-13(17)8-6-10)11-3-2-4-12(15)9-11/h2-4,9-10,14,16H,5-8H2,1H3. The van der Waals surface area contributed by atoms with Crippen LogP contribution in [0.1, 0.15) is 37.3 Å². The summed E-state index contributed by atoms with van der Waals surface area (Å²) in [5.41, 5.74) is 1.31. The molecule has 0 aromatic heterocycles. The molecule has 0 saturated heterocycles. The first kappa shape index (κ1) is 12.8. The van der Waals surface area contributed by atoms with Crippen LogP contribution in [-0.4, -0.2) is 12.8 Å². The zero-order valence-corrected chi connectivity index (χ0v) is 11.7. The summed E-state index contributed by atoms with van der Waals surface area (Å²) in [6.07, 6.45) is 3.52. The van der Waals surface area contributed by atoms with E-state index in [1.54, 1.807) is 0 Å². The molecule has 1 fully saturated rings. The molecule has 1 aliphatic carbocycles. The highest BCUT2D eigenvalue weighted by molar-refractivity contribution is 9.10. The van der Waals surface area contributed by atoms with Crippen LogP contribution in [0.15, 0.2) is 28.7 Å². The van der Waals surface area contributed by atoms with Crippen molar-refractivity contribution in [2.75, 3.05) is 7.05 Å². The Kier molecular flexibility index (Phi) is 4.35. The molecule has 2 rings (SSSR count). The number of Topliss-reactive ketones (excluding diaryl/α,β-unsaturated/α-hetero) is 1. The lowest BCUT2D eigenvalue weighted by Gasteiger charge is -2.30. The number of nitrogens with one attached hydrogen (secondary N) is 1. The van der Waals surface area contributed by atoms with Crippen LogP contribution in [-0.2, 0) is 4.79 Å². The van der Waals surface area contributed by atoms with Gasteiger partial charge in [0.05, 0.1) is 0 Å². The van der Waals surface area contributed by atoms with Gasteiger partial charge in [-0.05, 0) is 43.5 Å². The van der Waals surface area contributed by atoms with Gasteiger partial charge in [-0.1, -0.05) is 28.1 Å². The smallest absolute Gasteiger partial charge is 0.132 e. The summed E-state index contributed by atoms with van der Waals surface area (Å²) in [5, 5.41) is 3.40. The highest BCUT2D eigenvalue weighted by atomic mass is 79.9. The van der Waals surface area contributed by atoms with Gasteiger partial charge in [0, 0.05) is 23.4 Å². The number of carbonyl (C=O) groups excluding carboxylic acids is 1. The number of hydrogen-bond acceptors (Lipinski definition) is 2. The molecule has 0 aliphatic heterocycles. The molecular formula is C14H18BrNO. The molecule has 0 bridgehead atoms. The van der Waals surface area contributed by atoms with E-state index in [9.17, 15) is 4.79 Å². The second-order valence-electron chi connectivity index (χ2n) is 4.70.